The molecule has 0 aliphatic heterocycles. The molecule has 20 heavy (non-hydrogen) atoms. The van der Waals surface area contributed by atoms with Gasteiger partial charge in [0.2, 0.25) is 5.88 Å². The fraction of sp³-hybridized carbons (Fsp3) is 0.231. The Morgan fingerprint density at radius 3 is 2.55 bits per heavy atom. The monoisotopic (exact) mass is 312 g/mol. The Hall–Kier alpha value is -1.66. The molecule has 7 heteroatoms. The lowest BCUT2D eigenvalue weighted by Gasteiger charge is -2.10. The molecule has 0 bridgehead atoms. The smallest absolute Gasteiger partial charge is 0.331 e. The van der Waals surface area contributed by atoms with Gasteiger partial charge in [0, 0.05) is 17.3 Å². The Balaban J connectivity index is 2.61. The maximum absolute atomic E-state index is 11.9. The minimum Gasteiger partial charge on any atom is -0.494 e. The standard InChI is InChI=1S/C13H13ClN2O3S/c1-20-7-6-16-12(18)10(11(17)15-13(16)19)8-2-4-9(14)5-3-8/h2-5,18H,6-7H2,1H3,(H,15,17,19). The number of rotatable bonds is 4. The van der Waals surface area contributed by atoms with Gasteiger partial charge in [-0.05, 0) is 24.0 Å². The summed E-state index contributed by atoms with van der Waals surface area (Å²) in [7, 11) is 0. The van der Waals surface area contributed by atoms with E-state index in [1.54, 1.807) is 36.0 Å². The zero-order chi connectivity index (χ0) is 14.7. The van der Waals surface area contributed by atoms with Crippen molar-refractivity contribution < 1.29 is 5.11 Å². The molecule has 106 valence electrons. The summed E-state index contributed by atoms with van der Waals surface area (Å²) >= 11 is 7.34. The number of H-pyrrole nitrogens is 1. The molecule has 0 atom stereocenters. The van der Waals surface area contributed by atoms with Crippen LogP contribution in [0.4, 0.5) is 0 Å². The predicted octanol–water partition coefficient (Wildman–Crippen LogP) is 1.93. The van der Waals surface area contributed by atoms with E-state index in [2.05, 4.69) is 4.98 Å². The summed E-state index contributed by atoms with van der Waals surface area (Å²) in [5.74, 6) is 0.328. The van der Waals surface area contributed by atoms with E-state index in [9.17, 15) is 14.7 Å². The first-order valence-electron chi connectivity index (χ1n) is 5.85. The lowest BCUT2D eigenvalue weighted by atomic mass is 10.1. The summed E-state index contributed by atoms with van der Waals surface area (Å²) in [4.78, 5) is 25.8. The molecule has 1 aromatic heterocycles. The van der Waals surface area contributed by atoms with Crippen molar-refractivity contribution in [2.24, 2.45) is 0 Å². The minimum atomic E-state index is -0.616. The Kier molecular flexibility index (Phi) is 4.57. The third-order valence-electron chi connectivity index (χ3n) is 2.82. The maximum Gasteiger partial charge on any atom is 0.331 e. The lowest BCUT2D eigenvalue weighted by molar-refractivity contribution is 0.409. The topological polar surface area (TPSA) is 75.1 Å². The van der Waals surface area contributed by atoms with Gasteiger partial charge in [0.05, 0.1) is 0 Å². The second-order valence-corrected chi connectivity index (χ2v) is 5.53. The van der Waals surface area contributed by atoms with E-state index in [-0.39, 0.29) is 11.4 Å². The van der Waals surface area contributed by atoms with Crippen LogP contribution in [0.1, 0.15) is 0 Å². The number of hydrogen-bond donors (Lipinski definition) is 2. The van der Waals surface area contributed by atoms with Crippen LogP contribution in [0, 0.1) is 0 Å². The summed E-state index contributed by atoms with van der Waals surface area (Å²) < 4.78 is 1.15. The molecule has 0 saturated carbocycles. The van der Waals surface area contributed by atoms with Crippen LogP contribution >= 0.6 is 23.4 Å². The van der Waals surface area contributed by atoms with Crippen LogP contribution in [0.25, 0.3) is 11.1 Å². The number of aromatic amines is 1. The van der Waals surface area contributed by atoms with E-state index < -0.39 is 11.2 Å². The molecule has 0 fully saturated rings. The molecule has 5 nitrogen and oxygen atoms in total. The van der Waals surface area contributed by atoms with Crippen molar-refractivity contribution in [2.45, 2.75) is 6.54 Å². The Morgan fingerprint density at radius 2 is 1.95 bits per heavy atom. The highest BCUT2D eigenvalue weighted by Crippen LogP contribution is 2.25. The largest absolute Gasteiger partial charge is 0.494 e. The van der Waals surface area contributed by atoms with Crippen LogP contribution in [0.5, 0.6) is 5.88 Å². The summed E-state index contributed by atoms with van der Waals surface area (Å²) in [6.07, 6.45) is 1.90. The summed E-state index contributed by atoms with van der Waals surface area (Å²) in [5.41, 5.74) is -0.650. The van der Waals surface area contributed by atoms with Gasteiger partial charge in [-0.15, -0.1) is 0 Å². The van der Waals surface area contributed by atoms with Crippen LogP contribution < -0.4 is 11.2 Å². The van der Waals surface area contributed by atoms with E-state index in [1.807, 2.05) is 6.26 Å². The lowest BCUT2D eigenvalue weighted by Crippen LogP contribution is -2.31. The van der Waals surface area contributed by atoms with Crippen molar-refractivity contribution in [2.75, 3.05) is 12.0 Å². The van der Waals surface area contributed by atoms with Crippen LogP contribution in [-0.4, -0.2) is 26.7 Å². The van der Waals surface area contributed by atoms with Crippen LogP contribution in [-0.2, 0) is 6.54 Å². The van der Waals surface area contributed by atoms with E-state index in [4.69, 9.17) is 11.6 Å². The minimum absolute atomic E-state index is 0.0716. The second kappa shape index (κ2) is 6.19. The average Bonchev–Trinajstić information content (AvgIpc) is 2.40. The third kappa shape index (κ3) is 2.91. The number of aromatic hydroxyl groups is 1. The molecule has 0 radical (unpaired) electrons. The van der Waals surface area contributed by atoms with E-state index in [1.165, 1.54) is 0 Å². The fourth-order valence-corrected chi connectivity index (χ4v) is 2.32. The predicted molar refractivity (Wildman–Crippen MR) is 81.8 cm³/mol. The molecule has 1 heterocycles. The Labute approximate surface area is 124 Å². The molecule has 0 saturated heterocycles. The number of benzene rings is 1. The van der Waals surface area contributed by atoms with Crippen molar-refractivity contribution >= 4 is 23.4 Å². The molecule has 2 N–H and O–H groups in total. The third-order valence-corrected chi connectivity index (χ3v) is 3.67. The normalized spacial score (nSPS) is 10.7. The Morgan fingerprint density at radius 1 is 1.30 bits per heavy atom. The molecule has 2 rings (SSSR count). The molecule has 0 spiro atoms. The highest BCUT2D eigenvalue weighted by molar-refractivity contribution is 7.98. The van der Waals surface area contributed by atoms with Gasteiger partial charge >= 0.3 is 5.69 Å². The SMILES string of the molecule is CSCCn1c(O)c(-c2ccc(Cl)cc2)c(=O)[nH]c1=O. The first-order valence-corrected chi connectivity index (χ1v) is 7.62. The number of thioether (sulfide) groups is 1. The average molecular weight is 313 g/mol. The van der Waals surface area contributed by atoms with Crippen LogP contribution in [0.15, 0.2) is 33.9 Å². The fourth-order valence-electron chi connectivity index (χ4n) is 1.83. The van der Waals surface area contributed by atoms with Gasteiger partial charge in [-0.2, -0.15) is 11.8 Å². The van der Waals surface area contributed by atoms with Crippen molar-refractivity contribution in [1.29, 1.82) is 0 Å². The van der Waals surface area contributed by atoms with Crippen molar-refractivity contribution in [3.63, 3.8) is 0 Å². The molecule has 1 aromatic carbocycles. The van der Waals surface area contributed by atoms with Gasteiger partial charge < -0.3 is 5.11 Å². The number of nitrogens with zero attached hydrogens (tertiary/aromatic N) is 1. The quantitative estimate of drug-likeness (QED) is 0.904. The second-order valence-electron chi connectivity index (χ2n) is 4.11. The highest BCUT2D eigenvalue weighted by Gasteiger charge is 2.15. The van der Waals surface area contributed by atoms with Gasteiger partial charge in [0.25, 0.3) is 5.56 Å². The first kappa shape index (κ1) is 14.7. The molecule has 2 aromatic rings. The number of aromatic nitrogens is 2. The van der Waals surface area contributed by atoms with Gasteiger partial charge in [-0.1, -0.05) is 23.7 Å². The molecular formula is C13H13ClN2O3S. The van der Waals surface area contributed by atoms with E-state index in [0.29, 0.717) is 22.9 Å². The van der Waals surface area contributed by atoms with E-state index >= 15 is 0 Å². The maximum atomic E-state index is 11.9. The number of hydrogen-bond acceptors (Lipinski definition) is 4. The zero-order valence-corrected chi connectivity index (χ0v) is 12.3. The molecule has 0 amide bonds. The van der Waals surface area contributed by atoms with Gasteiger partial charge in [-0.3, -0.25) is 14.3 Å². The van der Waals surface area contributed by atoms with Crippen LogP contribution in [0.2, 0.25) is 5.02 Å². The van der Waals surface area contributed by atoms with E-state index in [0.717, 1.165) is 4.57 Å². The van der Waals surface area contributed by atoms with Gasteiger partial charge in [0.15, 0.2) is 0 Å². The number of nitrogens with one attached hydrogen (secondary N) is 1. The Bertz CT molecular complexity index is 722. The van der Waals surface area contributed by atoms with Crippen LogP contribution in [0.3, 0.4) is 0 Å². The van der Waals surface area contributed by atoms with Crippen molar-refractivity contribution in [3.8, 4) is 17.0 Å². The van der Waals surface area contributed by atoms with Gasteiger partial charge in [0.1, 0.15) is 5.56 Å². The number of halogens is 1. The highest BCUT2D eigenvalue weighted by atomic mass is 35.5. The zero-order valence-electron chi connectivity index (χ0n) is 10.7. The molecular weight excluding hydrogens is 300 g/mol. The molecule has 0 aliphatic carbocycles. The van der Waals surface area contributed by atoms with Crippen molar-refractivity contribution in [3.05, 3.63) is 50.1 Å². The molecule has 0 aliphatic rings. The summed E-state index contributed by atoms with van der Waals surface area (Å²) in [6, 6.07) is 6.48. The van der Waals surface area contributed by atoms with Gasteiger partial charge in [-0.25, -0.2) is 4.79 Å². The summed E-state index contributed by atoms with van der Waals surface area (Å²) in [5, 5.41) is 10.7. The molecule has 0 unspecified atom stereocenters. The summed E-state index contributed by atoms with van der Waals surface area (Å²) in [6.45, 7) is 0.323. The first-order chi connectivity index (χ1) is 9.54. The van der Waals surface area contributed by atoms with Crippen molar-refractivity contribution in [1.82, 2.24) is 9.55 Å².